The molecule has 0 saturated carbocycles. The Labute approximate surface area is 615 Å². The molecule has 0 aliphatic carbocycles. The average molecular weight is 1400 g/mol. The van der Waals surface area contributed by atoms with Crippen LogP contribution in [-0.2, 0) is 32.7 Å². The fourth-order valence-corrected chi connectivity index (χ4v) is 11.0. The summed E-state index contributed by atoms with van der Waals surface area (Å²) in [5.41, 5.74) is 0. The van der Waals surface area contributed by atoms with Crippen molar-refractivity contribution in [1.29, 1.82) is 0 Å². The van der Waals surface area contributed by atoms with Crippen LogP contribution in [0.5, 0.6) is 0 Å². The summed E-state index contributed by atoms with van der Waals surface area (Å²) in [6.07, 6.45) is 122. The van der Waals surface area contributed by atoms with E-state index in [9.17, 15) is 19.0 Å². The van der Waals surface area contributed by atoms with Crippen molar-refractivity contribution >= 4 is 19.8 Å². The Kier molecular flexibility index (Phi) is 73.5. The van der Waals surface area contributed by atoms with Gasteiger partial charge in [0, 0.05) is 12.8 Å². The Hall–Kier alpha value is -5.41. The Bertz CT molecular complexity index is 2450. The van der Waals surface area contributed by atoms with E-state index in [0.29, 0.717) is 17.4 Å². The van der Waals surface area contributed by atoms with Gasteiger partial charge in [-0.2, -0.15) is 0 Å². The van der Waals surface area contributed by atoms with Gasteiger partial charge >= 0.3 is 11.9 Å². The topological polar surface area (TPSA) is 111 Å². The van der Waals surface area contributed by atoms with Crippen molar-refractivity contribution in [3.63, 3.8) is 0 Å². The summed E-state index contributed by atoms with van der Waals surface area (Å²) in [5.74, 6) is -0.862. The van der Waals surface area contributed by atoms with Crippen molar-refractivity contribution in [2.75, 3.05) is 47.5 Å². The monoisotopic (exact) mass is 1400 g/mol. The lowest BCUT2D eigenvalue weighted by molar-refractivity contribution is -0.870. The Balaban J connectivity index is 4.09. The maximum absolute atomic E-state index is 12.9. The van der Waals surface area contributed by atoms with Gasteiger partial charge in [-0.05, 0) is 148 Å². The van der Waals surface area contributed by atoms with Gasteiger partial charge in [0.05, 0.1) is 27.7 Å². The number of nitrogens with zero attached hydrogens (tertiary/aromatic N) is 1. The van der Waals surface area contributed by atoms with E-state index in [0.717, 1.165) is 161 Å². The molecule has 2 unspecified atom stereocenters. The van der Waals surface area contributed by atoms with Crippen molar-refractivity contribution in [3.8, 4) is 0 Å². The van der Waals surface area contributed by atoms with Crippen LogP contribution >= 0.6 is 7.82 Å². The number of carbonyl (C=O) groups excluding carboxylic acids is 2. The van der Waals surface area contributed by atoms with E-state index in [1.165, 1.54) is 103 Å². The number of phosphoric acid groups is 1. The van der Waals surface area contributed by atoms with Gasteiger partial charge in [-0.1, -0.05) is 342 Å². The normalized spacial score (nSPS) is 14.2. The number of ether oxygens (including phenoxy) is 2. The zero-order valence-electron chi connectivity index (χ0n) is 64.3. The predicted molar refractivity (Wildman–Crippen MR) is 433 cm³/mol. The highest BCUT2D eigenvalue weighted by molar-refractivity contribution is 7.45. The molecule has 9 nitrogen and oxygen atoms in total. The number of allylic oxidation sites excluding steroid dienone is 34. The zero-order valence-corrected chi connectivity index (χ0v) is 65.2. The molecule has 2 atom stereocenters. The molecule has 0 heterocycles. The van der Waals surface area contributed by atoms with Crippen LogP contribution in [0.25, 0.3) is 0 Å². The smallest absolute Gasteiger partial charge is 0.306 e. The van der Waals surface area contributed by atoms with Crippen LogP contribution in [0, 0.1) is 0 Å². The van der Waals surface area contributed by atoms with Gasteiger partial charge in [0.15, 0.2) is 6.10 Å². The Morgan fingerprint density at radius 2 is 0.540 bits per heavy atom. The van der Waals surface area contributed by atoms with E-state index in [1.807, 2.05) is 21.1 Å². The number of esters is 2. The lowest BCUT2D eigenvalue weighted by Crippen LogP contribution is -2.37. The summed E-state index contributed by atoms with van der Waals surface area (Å²) >= 11 is 0. The second-order valence-corrected chi connectivity index (χ2v) is 28.4. The summed E-state index contributed by atoms with van der Waals surface area (Å²) in [6.45, 7) is 3.98. The van der Waals surface area contributed by atoms with Crippen molar-refractivity contribution < 1.29 is 42.1 Å². The predicted octanol–water partition coefficient (Wildman–Crippen LogP) is 26.3. The minimum atomic E-state index is -4.67. The molecular formula is C90H146NO8P. The van der Waals surface area contributed by atoms with Gasteiger partial charge in [0.2, 0.25) is 0 Å². The number of likely N-dealkylation sites (N-methyl/N-ethyl adjacent to an activating group) is 1. The number of carbonyl (C=O) groups is 2. The molecule has 0 spiro atoms. The van der Waals surface area contributed by atoms with E-state index >= 15 is 0 Å². The fourth-order valence-electron chi connectivity index (χ4n) is 10.3. The first-order valence-corrected chi connectivity index (χ1v) is 41.3. The second kappa shape index (κ2) is 77.7. The number of unbranched alkanes of at least 4 members (excludes halogenated alkanes) is 23. The van der Waals surface area contributed by atoms with E-state index in [-0.39, 0.29) is 26.1 Å². The van der Waals surface area contributed by atoms with Crippen LogP contribution in [0.2, 0.25) is 0 Å². The fraction of sp³-hybridized carbons (Fsp3) is 0.600. The highest BCUT2D eigenvalue weighted by atomic mass is 31.2. The van der Waals surface area contributed by atoms with Crippen LogP contribution in [0.4, 0.5) is 0 Å². The molecule has 0 fully saturated rings. The maximum atomic E-state index is 12.9. The summed E-state index contributed by atoms with van der Waals surface area (Å²) in [5, 5.41) is 0. The number of quaternary nitrogens is 1. The van der Waals surface area contributed by atoms with Crippen LogP contribution in [0.3, 0.4) is 0 Å². The summed E-state index contributed by atoms with van der Waals surface area (Å²) < 4.78 is 34.4. The molecule has 0 aliphatic rings. The quantitative estimate of drug-likeness (QED) is 0.0195. The lowest BCUT2D eigenvalue weighted by Gasteiger charge is -2.28. The van der Waals surface area contributed by atoms with Gasteiger partial charge in [-0.25, -0.2) is 0 Å². The first-order chi connectivity index (χ1) is 49.0. The van der Waals surface area contributed by atoms with Crippen molar-refractivity contribution in [2.24, 2.45) is 0 Å². The highest BCUT2D eigenvalue weighted by Crippen LogP contribution is 2.38. The van der Waals surface area contributed by atoms with E-state index in [1.54, 1.807) is 0 Å². The van der Waals surface area contributed by atoms with Crippen molar-refractivity contribution in [3.05, 3.63) is 207 Å². The zero-order chi connectivity index (χ0) is 72.5. The van der Waals surface area contributed by atoms with Gasteiger partial charge < -0.3 is 27.9 Å². The molecule has 0 saturated heterocycles. The first kappa shape index (κ1) is 94.6. The molecule has 10 heteroatoms. The van der Waals surface area contributed by atoms with Gasteiger partial charge in [-0.3, -0.25) is 14.2 Å². The van der Waals surface area contributed by atoms with Crippen LogP contribution < -0.4 is 4.89 Å². The third kappa shape index (κ3) is 81.6. The number of hydrogen-bond acceptors (Lipinski definition) is 8. The lowest BCUT2D eigenvalue weighted by atomic mass is 10.0. The van der Waals surface area contributed by atoms with Crippen LogP contribution in [-0.4, -0.2) is 70.0 Å². The third-order valence-corrected chi connectivity index (χ3v) is 17.3. The molecular weight excluding hydrogens is 1250 g/mol. The minimum absolute atomic E-state index is 0.0441. The number of hydrogen-bond donors (Lipinski definition) is 0. The Morgan fingerprint density at radius 1 is 0.310 bits per heavy atom. The first-order valence-electron chi connectivity index (χ1n) is 39.8. The molecule has 0 radical (unpaired) electrons. The Morgan fingerprint density at radius 3 is 0.800 bits per heavy atom. The van der Waals surface area contributed by atoms with E-state index < -0.39 is 32.5 Å². The molecule has 0 rings (SSSR count). The highest BCUT2D eigenvalue weighted by Gasteiger charge is 2.22. The molecule has 0 N–H and O–H groups in total. The molecule has 0 aliphatic heterocycles. The van der Waals surface area contributed by atoms with Crippen LogP contribution in [0.1, 0.15) is 296 Å². The summed E-state index contributed by atoms with van der Waals surface area (Å²) in [4.78, 5) is 38.2. The summed E-state index contributed by atoms with van der Waals surface area (Å²) in [6, 6.07) is 0. The molecule has 0 aromatic heterocycles. The molecule has 0 amide bonds. The second-order valence-electron chi connectivity index (χ2n) is 27.0. The minimum Gasteiger partial charge on any atom is -0.756 e. The van der Waals surface area contributed by atoms with Gasteiger partial charge in [0.1, 0.15) is 19.8 Å². The molecule has 0 bridgehead atoms. The third-order valence-electron chi connectivity index (χ3n) is 16.3. The number of rotatable bonds is 71. The molecule has 100 heavy (non-hydrogen) atoms. The largest absolute Gasteiger partial charge is 0.756 e. The standard InChI is InChI=1S/C90H146NO8P/c1-6-8-10-12-14-16-18-20-22-24-26-28-30-32-34-36-38-40-42-44-45-47-49-51-53-55-57-59-61-63-65-67-69-71-73-75-77-79-81-83-90(93)99-88(87-98-100(94,95)97-85-84-91(3,4)5)86-96-89(92)82-80-78-76-74-72-70-68-66-64-62-60-58-56-54-52-50-48-46-43-41-39-37-35-33-31-29-27-25-23-21-19-17-15-13-11-9-7-2/h8-11,14-17,20-23,26-29,32-35,38-41,44-45,49,51,55,57,61,63,67,69,88H,6-7,12-13,18-19,24-25,30-31,36-37,42-43,46-48,50,52-54,56,58-60,62,64-66,68,70-87H2,1-5H3/b10-8-,11-9-,16-14-,17-15-,22-20-,23-21-,28-26-,29-27-,34-32-,35-33-,40-38-,41-39-,45-44-,51-49-,57-55-,63-61-,69-67-. The van der Waals surface area contributed by atoms with Crippen molar-refractivity contribution in [2.45, 2.75) is 302 Å². The SMILES string of the molecule is CC/C=C\C/C=C\C/C=C\C/C=C\C/C=C\C/C=C\C/C=C\C/C=C\C/C=C\C/C=C\C/C=C\CCCCCCCC(=O)OC(COC(=O)CCCCCCCCCCCCCCCCCCCC/C=C\C/C=C\C/C=C\C/C=C\C/C=C\C/C=C\CC)COP(=O)([O-])OCC[N+](C)(C)C. The van der Waals surface area contributed by atoms with Crippen molar-refractivity contribution in [1.82, 2.24) is 0 Å². The summed E-state index contributed by atoms with van der Waals surface area (Å²) in [7, 11) is 1.13. The van der Waals surface area contributed by atoms with Gasteiger partial charge in [-0.15, -0.1) is 0 Å². The average Bonchev–Trinajstić information content (AvgIpc) is 1.07. The molecule has 0 aromatic carbocycles. The molecule has 0 aromatic rings. The van der Waals surface area contributed by atoms with E-state index in [4.69, 9.17) is 18.5 Å². The maximum Gasteiger partial charge on any atom is 0.306 e. The van der Waals surface area contributed by atoms with Gasteiger partial charge in [0.25, 0.3) is 7.82 Å². The number of phosphoric ester groups is 1. The van der Waals surface area contributed by atoms with E-state index in [2.05, 4.69) is 220 Å². The van der Waals surface area contributed by atoms with Crippen LogP contribution in [0.15, 0.2) is 207 Å². The molecule has 564 valence electrons.